The molecule has 1 aliphatic heterocycles. The number of carbonyl (C=O) groups is 1. The fraction of sp³-hybridized carbons (Fsp3) is 0.476. The first-order valence-electron chi connectivity index (χ1n) is 11.1. The third kappa shape index (κ3) is 4.29. The van der Waals surface area contributed by atoms with Crippen LogP contribution in [0.25, 0.3) is 21.6 Å². The van der Waals surface area contributed by atoms with Gasteiger partial charge in [0.1, 0.15) is 11.2 Å². The molecule has 2 fully saturated rings. The van der Waals surface area contributed by atoms with Gasteiger partial charge in [0, 0.05) is 45.5 Å². The molecule has 2 aliphatic rings. The van der Waals surface area contributed by atoms with Crippen molar-refractivity contribution >= 4 is 43.9 Å². The van der Waals surface area contributed by atoms with Gasteiger partial charge < -0.3 is 9.80 Å². The molecule has 0 spiro atoms. The van der Waals surface area contributed by atoms with Crippen LogP contribution >= 0.6 is 11.3 Å². The van der Waals surface area contributed by atoms with Crippen LogP contribution in [-0.2, 0) is 21.9 Å². The van der Waals surface area contributed by atoms with Gasteiger partial charge in [-0.25, -0.2) is 17.2 Å². The average Bonchev–Trinajstić information content (AvgIpc) is 3.27. The summed E-state index contributed by atoms with van der Waals surface area (Å²) in [5.41, 5.74) is 0.275. The van der Waals surface area contributed by atoms with E-state index in [0.717, 1.165) is 0 Å². The number of hydrogen-bond donors (Lipinski definition) is 1. The minimum Gasteiger partial charge on any atom is -0.366 e. The minimum absolute atomic E-state index is 0.0412. The van der Waals surface area contributed by atoms with E-state index in [4.69, 9.17) is 0 Å². The van der Waals surface area contributed by atoms with E-state index in [1.54, 1.807) is 16.6 Å². The highest BCUT2D eigenvalue weighted by Crippen LogP contribution is 2.40. The Kier molecular flexibility index (Phi) is 5.92. The molecular formula is C21H22F2N8O3S2. The molecule has 190 valence electrons. The van der Waals surface area contributed by atoms with E-state index in [9.17, 15) is 27.3 Å². The van der Waals surface area contributed by atoms with Gasteiger partial charge in [-0.05, 0) is 25.0 Å². The van der Waals surface area contributed by atoms with Gasteiger partial charge in [-0.15, -0.1) is 10.2 Å². The predicted octanol–water partition coefficient (Wildman–Crippen LogP) is 2.03. The van der Waals surface area contributed by atoms with E-state index in [0.29, 0.717) is 66.9 Å². The van der Waals surface area contributed by atoms with E-state index in [-0.39, 0.29) is 21.5 Å². The van der Waals surface area contributed by atoms with Crippen LogP contribution in [0.4, 0.5) is 14.5 Å². The van der Waals surface area contributed by atoms with Crippen LogP contribution in [-0.4, -0.2) is 70.9 Å². The van der Waals surface area contributed by atoms with Gasteiger partial charge in [-0.3, -0.25) is 9.48 Å². The summed E-state index contributed by atoms with van der Waals surface area (Å²) in [7, 11) is -2.42. The van der Waals surface area contributed by atoms with E-state index >= 15 is 0 Å². The van der Waals surface area contributed by atoms with Crippen molar-refractivity contribution in [3.63, 3.8) is 0 Å². The SMILES string of the molecule is CC(=O)N1CCN(c2cc(S(=O)(=O)NC3(C#N)CC3)cc3c(-c4nnc(C(F)F)s4)nn(C)c23)CC1. The highest BCUT2D eigenvalue weighted by atomic mass is 32.2. The lowest BCUT2D eigenvalue weighted by atomic mass is 10.1. The number of nitriles is 1. The molecule has 1 amide bonds. The van der Waals surface area contributed by atoms with Gasteiger partial charge in [-0.2, -0.15) is 15.1 Å². The first-order chi connectivity index (χ1) is 17.0. The smallest absolute Gasteiger partial charge is 0.291 e. The third-order valence-electron chi connectivity index (χ3n) is 6.39. The van der Waals surface area contributed by atoms with Gasteiger partial charge >= 0.3 is 0 Å². The van der Waals surface area contributed by atoms with Crippen molar-refractivity contribution in [2.45, 2.75) is 36.6 Å². The van der Waals surface area contributed by atoms with Crippen molar-refractivity contribution in [2.24, 2.45) is 7.05 Å². The number of anilines is 1. The Labute approximate surface area is 209 Å². The average molecular weight is 537 g/mol. The second kappa shape index (κ2) is 8.71. The number of rotatable bonds is 6. The van der Waals surface area contributed by atoms with Gasteiger partial charge in [-0.1, -0.05) is 11.3 Å². The molecule has 0 radical (unpaired) electrons. The lowest BCUT2D eigenvalue weighted by Gasteiger charge is -2.36. The number of fused-ring (bicyclic) bond motifs is 1. The predicted molar refractivity (Wildman–Crippen MR) is 127 cm³/mol. The standard InChI is InChI=1S/C21H22F2N8O3S2/c1-12(32)30-5-7-31(8-6-30)15-10-13(36(33,34)28-21(11-24)3-4-21)9-14-16(27-29(2)17(14)15)19-25-26-20(35-19)18(22)23/h9-10,18,28H,3-8H2,1-2H3. The number of aromatic nitrogens is 4. The number of carbonyl (C=O) groups excluding carboxylic acids is 1. The Hall–Kier alpha value is -3.22. The summed E-state index contributed by atoms with van der Waals surface area (Å²) in [6, 6.07) is 4.97. The van der Waals surface area contributed by atoms with E-state index < -0.39 is 27.0 Å². The van der Waals surface area contributed by atoms with Gasteiger partial charge in [0.25, 0.3) is 6.43 Å². The number of nitrogens with one attached hydrogen (secondary N) is 1. The molecule has 5 rings (SSSR count). The molecule has 3 heterocycles. The summed E-state index contributed by atoms with van der Waals surface area (Å²) >= 11 is 0.690. The third-order valence-corrected chi connectivity index (χ3v) is 8.84. The number of piperazine rings is 1. The summed E-state index contributed by atoms with van der Waals surface area (Å²) < 4.78 is 57.0. The maximum atomic E-state index is 13.3. The highest BCUT2D eigenvalue weighted by molar-refractivity contribution is 7.89. The van der Waals surface area contributed by atoms with Crippen molar-refractivity contribution in [1.29, 1.82) is 5.26 Å². The second-order valence-electron chi connectivity index (χ2n) is 8.85. The molecular weight excluding hydrogens is 514 g/mol. The molecule has 36 heavy (non-hydrogen) atoms. The Morgan fingerprint density at radius 1 is 1.22 bits per heavy atom. The van der Waals surface area contributed by atoms with Crippen LogP contribution in [0, 0.1) is 11.3 Å². The lowest BCUT2D eigenvalue weighted by molar-refractivity contribution is -0.129. The summed E-state index contributed by atoms with van der Waals surface area (Å²) in [4.78, 5) is 15.4. The number of sulfonamides is 1. The number of amides is 1. The molecule has 3 aromatic rings. The second-order valence-corrected chi connectivity index (χ2v) is 11.5. The Balaban J connectivity index is 1.66. The summed E-state index contributed by atoms with van der Waals surface area (Å²) in [5.74, 6) is -0.0412. The van der Waals surface area contributed by atoms with Crippen LogP contribution in [0.2, 0.25) is 0 Å². The van der Waals surface area contributed by atoms with Crippen molar-refractivity contribution in [3.05, 3.63) is 17.1 Å². The zero-order valence-corrected chi connectivity index (χ0v) is 21.0. The Bertz CT molecular complexity index is 1500. The fourth-order valence-corrected chi connectivity index (χ4v) is 6.40. The van der Waals surface area contributed by atoms with Crippen molar-refractivity contribution < 1.29 is 22.0 Å². The van der Waals surface area contributed by atoms with Crippen LogP contribution in [0.3, 0.4) is 0 Å². The molecule has 0 bridgehead atoms. The number of halogens is 2. The highest BCUT2D eigenvalue weighted by Gasteiger charge is 2.47. The fourth-order valence-electron chi connectivity index (χ4n) is 4.28. The molecule has 0 atom stereocenters. The molecule has 2 aromatic heterocycles. The first kappa shape index (κ1) is 24.5. The van der Waals surface area contributed by atoms with Crippen molar-refractivity contribution in [3.8, 4) is 16.8 Å². The number of alkyl halides is 2. The Morgan fingerprint density at radius 2 is 1.92 bits per heavy atom. The van der Waals surface area contributed by atoms with E-state index in [1.807, 2.05) is 11.0 Å². The quantitative estimate of drug-likeness (QED) is 0.505. The van der Waals surface area contributed by atoms with E-state index in [2.05, 4.69) is 20.0 Å². The van der Waals surface area contributed by atoms with Crippen molar-refractivity contribution in [2.75, 3.05) is 31.1 Å². The van der Waals surface area contributed by atoms with Crippen LogP contribution in [0.1, 0.15) is 31.2 Å². The number of nitrogens with zero attached hydrogens (tertiary/aromatic N) is 7. The molecule has 15 heteroatoms. The summed E-state index contributed by atoms with van der Waals surface area (Å²) in [5, 5.41) is 21.4. The first-order valence-corrected chi connectivity index (χ1v) is 13.4. The zero-order chi connectivity index (χ0) is 25.8. The number of hydrogen-bond acceptors (Lipinski definition) is 9. The molecule has 1 aromatic carbocycles. The van der Waals surface area contributed by atoms with Crippen LogP contribution in [0.5, 0.6) is 0 Å². The van der Waals surface area contributed by atoms with Gasteiger partial charge in [0.05, 0.1) is 22.2 Å². The maximum Gasteiger partial charge on any atom is 0.291 e. The topological polar surface area (TPSA) is 137 Å². The number of aryl methyl sites for hydroxylation is 1. The largest absolute Gasteiger partial charge is 0.366 e. The molecule has 0 unspecified atom stereocenters. The normalized spacial score (nSPS) is 17.6. The monoisotopic (exact) mass is 536 g/mol. The summed E-state index contributed by atoms with van der Waals surface area (Å²) in [6.07, 6.45) is -1.95. The molecule has 11 nitrogen and oxygen atoms in total. The maximum absolute atomic E-state index is 13.3. The zero-order valence-electron chi connectivity index (χ0n) is 19.4. The van der Waals surface area contributed by atoms with Crippen molar-refractivity contribution in [1.82, 2.24) is 29.6 Å². The van der Waals surface area contributed by atoms with Crippen LogP contribution in [0.15, 0.2) is 17.0 Å². The Morgan fingerprint density at radius 3 is 2.47 bits per heavy atom. The number of benzene rings is 1. The summed E-state index contributed by atoms with van der Waals surface area (Å²) in [6.45, 7) is 3.34. The lowest BCUT2D eigenvalue weighted by Crippen LogP contribution is -2.48. The molecule has 1 saturated carbocycles. The van der Waals surface area contributed by atoms with E-state index in [1.165, 1.54) is 19.1 Å². The molecule has 1 saturated heterocycles. The minimum atomic E-state index is -4.10. The van der Waals surface area contributed by atoms with Crippen LogP contribution < -0.4 is 9.62 Å². The molecule has 1 aliphatic carbocycles. The van der Waals surface area contributed by atoms with Gasteiger partial charge in [0.2, 0.25) is 15.9 Å². The molecule has 1 N–H and O–H groups in total. The van der Waals surface area contributed by atoms with Gasteiger partial charge in [0.15, 0.2) is 10.0 Å².